The summed E-state index contributed by atoms with van der Waals surface area (Å²) in [6, 6.07) is 0.185. The summed E-state index contributed by atoms with van der Waals surface area (Å²) < 4.78 is 2.03. The van der Waals surface area contributed by atoms with E-state index in [2.05, 4.69) is 21.0 Å². The molecular formula is C7H10BrN3O2. The van der Waals surface area contributed by atoms with Crippen LogP contribution in [-0.2, 0) is 0 Å². The summed E-state index contributed by atoms with van der Waals surface area (Å²) in [4.78, 5) is 9.95. The SMILES string of the molecule is CCC(C)n1cc(Br)c([N+](=O)[O-])n1. The van der Waals surface area contributed by atoms with Gasteiger partial charge in [-0.05, 0) is 34.2 Å². The molecule has 0 aliphatic carbocycles. The van der Waals surface area contributed by atoms with E-state index in [-0.39, 0.29) is 11.9 Å². The number of nitrogens with zero attached hydrogens (tertiary/aromatic N) is 3. The maximum atomic E-state index is 10.4. The van der Waals surface area contributed by atoms with Crippen LogP contribution in [0, 0.1) is 10.1 Å². The van der Waals surface area contributed by atoms with Gasteiger partial charge in [0.25, 0.3) is 0 Å². The first-order chi connectivity index (χ1) is 6.06. The lowest BCUT2D eigenvalue weighted by Crippen LogP contribution is -2.04. The number of hydrogen-bond acceptors (Lipinski definition) is 3. The highest BCUT2D eigenvalue weighted by molar-refractivity contribution is 9.10. The highest BCUT2D eigenvalue weighted by atomic mass is 79.9. The normalized spacial score (nSPS) is 12.8. The molecular weight excluding hydrogens is 238 g/mol. The van der Waals surface area contributed by atoms with E-state index in [1.165, 1.54) is 0 Å². The quantitative estimate of drug-likeness (QED) is 0.609. The van der Waals surface area contributed by atoms with E-state index in [4.69, 9.17) is 0 Å². The molecule has 0 aromatic carbocycles. The Morgan fingerprint density at radius 2 is 2.46 bits per heavy atom. The smallest absolute Gasteiger partial charge is 0.358 e. The first-order valence-electron chi connectivity index (χ1n) is 3.95. The van der Waals surface area contributed by atoms with E-state index in [0.29, 0.717) is 4.47 Å². The van der Waals surface area contributed by atoms with Crippen LogP contribution in [0.5, 0.6) is 0 Å². The molecule has 0 saturated heterocycles. The van der Waals surface area contributed by atoms with Crippen LogP contribution in [0.4, 0.5) is 5.82 Å². The zero-order valence-corrected chi connectivity index (χ0v) is 8.98. The second kappa shape index (κ2) is 3.87. The fourth-order valence-electron chi connectivity index (χ4n) is 0.896. The summed E-state index contributed by atoms with van der Waals surface area (Å²) in [6.07, 6.45) is 2.53. The average molecular weight is 248 g/mol. The van der Waals surface area contributed by atoms with Gasteiger partial charge in [-0.15, -0.1) is 0 Å². The van der Waals surface area contributed by atoms with Crippen molar-refractivity contribution >= 4 is 21.7 Å². The number of aromatic nitrogens is 2. The third kappa shape index (κ3) is 2.06. The average Bonchev–Trinajstić information content (AvgIpc) is 2.46. The van der Waals surface area contributed by atoms with Crippen molar-refractivity contribution in [2.24, 2.45) is 0 Å². The molecule has 1 aromatic rings. The zero-order valence-electron chi connectivity index (χ0n) is 7.40. The van der Waals surface area contributed by atoms with Crippen LogP contribution in [-0.4, -0.2) is 14.7 Å². The molecule has 72 valence electrons. The Hall–Kier alpha value is -0.910. The van der Waals surface area contributed by atoms with E-state index in [9.17, 15) is 10.1 Å². The van der Waals surface area contributed by atoms with Crippen molar-refractivity contribution in [3.8, 4) is 0 Å². The Kier molecular flexibility index (Phi) is 3.02. The molecule has 0 bridgehead atoms. The van der Waals surface area contributed by atoms with Crippen molar-refractivity contribution in [1.82, 2.24) is 9.78 Å². The van der Waals surface area contributed by atoms with Gasteiger partial charge in [0, 0.05) is 0 Å². The van der Waals surface area contributed by atoms with E-state index in [1.807, 2.05) is 13.8 Å². The lowest BCUT2D eigenvalue weighted by atomic mass is 10.3. The van der Waals surface area contributed by atoms with Crippen LogP contribution in [0.25, 0.3) is 0 Å². The van der Waals surface area contributed by atoms with E-state index < -0.39 is 4.92 Å². The standard InChI is InChI=1S/C7H10BrN3O2/c1-3-5(2)10-4-6(8)7(9-10)11(12)13/h4-5H,3H2,1-2H3. The molecule has 0 radical (unpaired) electrons. The summed E-state index contributed by atoms with van der Waals surface area (Å²) in [5.41, 5.74) is 0. The molecule has 1 atom stereocenters. The fourth-order valence-corrected chi connectivity index (χ4v) is 1.33. The summed E-state index contributed by atoms with van der Waals surface area (Å²) in [5, 5.41) is 14.3. The van der Waals surface area contributed by atoms with Crippen molar-refractivity contribution < 1.29 is 4.92 Å². The van der Waals surface area contributed by atoms with Gasteiger partial charge < -0.3 is 10.1 Å². The molecule has 1 heterocycles. The second-order valence-electron chi connectivity index (χ2n) is 2.80. The molecule has 1 rings (SSSR count). The van der Waals surface area contributed by atoms with Gasteiger partial charge >= 0.3 is 5.82 Å². The van der Waals surface area contributed by atoms with Gasteiger partial charge in [0.1, 0.15) is 4.47 Å². The lowest BCUT2D eigenvalue weighted by Gasteiger charge is -2.02. The van der Waals surface area contributed by atoms with Crippen molar-refractivity contribution in [2.45, 2.75) is 26.3 Å². The Labute approximate surface area is 84.0 Å². The molecule has 1 unspecified atom stereocenters. The first kappa shape index (κ1) is 10.2. The Morgan fingerprint density at radius 3 is 2.85 bits per heavy atom. The van der Waals surface area contributed by atoms with Gasteiger partial charge in [0.2, 0.25) is 0 Å². The maximum Gasteiger partial charge on any atom is 0.404 e. The van der Waals surface area contributed by atoms with Gasteiger partial charge in [-0.3, -0.25) is 0 Å². The number of rotatable bonds is 3. The van der Waals surface area contributed by atoms with E-state index >= 15 is 0 Å². The van der Waals surface area contributed by atoms with Gasteiger partial charge in [-0.1, -0.05) is 6.92 Å². The molecule has 1 aromatic heterocycles. The predicted molar refractivity (Wildman–Crippen MR) is 51.6 cm³/mol. The summed E-state index contributed by atoms with van der Waals surface area (Å²) in [5.74, 6) is -0.125. The minimum atomic E-state index is -0.497. The Morgan fingerprint density at radius 1 is 1.85 bits per heavy atom. The molecule has 0 N–H and O–H groups in total. The summed E-state index contributed by atoms with van der Waals surface area (Å²) in [6.45, 7) is 3.97. The monoisotopic (exact) mass is 247 g/mol. The largest absolute Gasteiger partial charge is 0.404 e. The molecule has 0 aliphatic heterocycles. The van der Waals surface area contributed by atoms with E-state index in [1.54, 1.807) is 10.9 Å². The Balaban J connectivity index is 3.01. The first-order valence-corrected chi connectivity index (χ1v) is 4.74. The molecule has 0 saturated carbocycles. The molecule has 0 spiro atoms. The third-order valence-electron chi connectivity index (χ3n) is 1.88. The van der Waals surface area contributed by atoms with Crippen LogP contribution >= 0.6 is 15.9 Å². The third-order valence-corrected chi connectivity index (χ3v) is 2.44. The van der Waals surface area contributed by atoms with Crippen LogP contribution in [0.1, 0.15) is 26.3 Å². The van der Waals surface area contributed by atoms with Gasteiger partial charge in [0.15, 0.2) is 0 Å². The van der Waals surface area contributed by atoms with Crippen LogP contribution in [0.15, 0.2) is 10.7 Å². The molecule has 5 nitrogen and oxygen atoms in total. The van der Waals surface area contributed by atoms with Crippen LogP contribution in [0.3, 0.4) is 0 Å². The van der Waals surface area contributed by atoms with Gasteiger partial charge in [0.05, 0.1) is 17.3 Å². The number of nitro groups is 1. The van der Waals surface area contributed by atoms with Gasteiger partial charge in [-0.25, -0.2) is 0 Å². The number of hydrogen-bond donors (Lipinski definition) is 0. The fraction of sp³-hybridized carbons (Fsp3) is 0.571. The number of halogens is 1. The van der Waals surface area contributed by atoms with Crippen molar-refractivity contribution in [1.29, 1.82) is 0 Å². The van der Waals surface area contributed by atoms with Gasteiger partial charge in [-0.2, -0.15) is 4.68 Å². The predicted octanol–water partition coefficient (Wildman–Crippen LogP) is 2.52. The molecule has 0 aliphatic rings. The topological polar surface area (TPSA) is 61.0 Å². The minimum Gasteiger partial charge on any atom is -0.358 e. The summed E-state index contributed by atoms with van der Waals surface area (Å²) >= 11 is 3.09. The molecule has 0 fully saturated rings. The Bertz CT molecular complexity index is 324. The molecule has 13 heavy (non-hydrogen) atoms. The van der Waals surface area contributed by atoms with Crippen molar-refractivity contribution in [2.75, 3.05) is 0 Å². The molecule has 0 amide bonds. The zero-order chi connectivity index (χ0) is 10.0. The highest BCUT2D eigenvalue weighted by Crippen LogP contribution is 2.24. The second-order valence-corrected chi connectivity index (χ2v) is 3.65. The summed E-state index contributed by atoms with van der Waals surface area (Å²) in [7, 11) is 0. The maximum absolute atomic E-state index is 10.4. The van der Waals surface area contributed by atoms with Crippen molar-refractivity contribution in [3.05, 3.63) is 20.8 Å². The minimum absolute atomic E-state index is 0.125. The lowest BCUT2D eigenvalue weighted by molar-refractivity contribution is -0.390. The highest BCUT2D eigenvalue weighted by Gasteiger charge is 2.20. The van der Waals surface area contributed by atoms with E-state index in [0.717, 1.165) is 6.42 Å². The van der Waals surface area contributed by atoms with Crippen LogP contribution < -0.4 is 0 Å². The van der Waals surface area contributed by atoms with Crippen molar-refractivity contribution in [3.63, 3.8) is 0 Å². The molecule has 6 heteroatoms. The van der Waals surface area contributed by atoms with Crippen LogP contribution in [0.2, 0.25) is 0 Å².